The van der Waals surface area contributed by atoms with Crippen LogP contribution < -0.4 is 10.5 Å². The predicted molar refractivity (Wildman–Crippen MR) is 111 cm³/mol. The number of rotatable bonds is 5. The van der Waals surface area contributed by atoms with Crippen molar-refractivity contribution in [3.63, 3.8) is 0 Å². The largest absolute Gasteiger partial charge is 0.489 e. The molecule has 1 aliphatic rings. The molecule has 1 saturated heterocycles. The van der Waals surface area contributed by atoms with Crippen molar-refractivity contribution in [1.82, 2.24) is 15.0 Å². The van der Waals surface area contributed by atoms with Gasteiger partial charge in [0.05, 0.1) is 5.56 Å². The van der Waals surface area contributed by atoms with Crippen molar-refractivity contribution in [2.45, 2.75) is 38.6 Å². The van der Waals surface area contributed by atoms with E-state index in [1.54, 1.807) is 17.0 Å². The van der Waals surface area contributed by atoms with Crippen LogP contribution in [0.2, 0.25) is 0 Å². The van der Waals surface area contributed by atoms with Gasteiger partial charge in [-0.25, -0.2) is 0 Å². The van der Waals surface area contributed by atoms with Crippen LogP contribution in [-0.2, 0) is 12.8 Å². The summed E-state index contributed by atoms with van der Waals surface area (Å²) in [4.78, 5) is 6.22. The van der Waals surface area contributed by atoms with Gasteiger partial charge in [0, 0.05) is 12.1 Å². The average molecular weight is 445 g/mol. The summed E-state index contributed by atoms with van der Waals surface area (Å²) in [5, 5.41) is 11.7. The number of ether oxygens (including phenoxy) is 1. The zero-order valence-corrected chi connectivity index (χ0v) is 17.3. The zero-order valence-electron chi connectivity index (χ0n) is 17.3. The number of nitrogens with one attached hydrogen (secondary N) is 1. The molecule has 0 spiro atoms. The number of alkyl halides is 3. The maximum absolute atomic E-state index is 12.7. The van der Waals surface area contributed by atoms with Gasteiger partial charge in [-0.3, -0.25) is 5.41 Å². The van der Waals surface area contributed by atoms with Crippen molar-refractivity contribution in [1.29, 1.82) is 5.41 Å². The van der Waals surface area contributed by atoms with Gasteiger partial charge in [0.2, 0.25) is 11.7 Å². The van der Waals surface area contributed by atoms with Crippen molar-refractivity contribution in [2.24, 2.45) is 5.73 Å². The standard InChI is InChI=1S/C22H22F3N5O2/c1-13-11-15(19-28-20(32-29-19)17-3-2-10-30(17)21(26)27)6-9-18(13)31-12-14-4-7-16(8-5-14)22(23,24)25/h4-9,11,17H,2-3,10,12H2,1H3,(H3,26,27)/t17-/m0/s1. The van der Waals surface area contributed by atoms with E-state index in [-0.39, 0.29) is 18.6 Å². The van der Waals surface area contributed by atoms with E-state index >= 15 is 0 Å². The Kier molecular flexibility index (Phi) is 5.77. The molecule has 0 saturated carbocycles. The number of hydrogen-bond acceptors (Lipinski definition) is 5. The summed E-state index contributed by atoms with van der Waals surface area (Å²) in [7, 11) is 0. The fraction of sp³-hybridized carbons (Fsp3) is 0.318. The molecule has 0 aliphatic carbocycles. The van der Waals surface area contributed by atoms with Crippen LogP contribution in [0.4, 0.5) is 13.2 Å². The van der Waals surface area contributed by atoms with Gasteiger partial charge in [-0.1, -0.05) is 17.3 Å². The van der Waals surface area contributed by atoms with Gasteiger partial charge in [-0.2, -0.15) is 18.2 Å². The molecule has 0 radical (unpaired) electrons. The highest BCUT2D eigenvalue weighted by Crippen LogP contribution is 2.33. The number of nitrogens with zero attached hydrogens (tertiary/aromatic N) is 3. The first-order valence-corrected chi connectivity index (χ1v) is 10.1. The number of benzene rings is 2. The lowest BCUT2D eigenvalue weighted by Crippen LogP contribution is -2.35. The Hall–Kier alpha value is -3.56. The number of aromatic nitrogens is 2. The highest BCUT2D eigenvalue weighted by Gasteiger charge is 2.32. The van der Waals surface area contributed by atoms with Crippen molar-refractivity contribution < 1.29 is 22.4 Å². The van der Waals surface area contributed by atoms with Crippen molar-refractivity contribution in [2.75, 3.05) is 6.54 Å². The lowest BCUT2D eigenvalue weighted by atomic mass is 10.1. The van der Waals surface area contributed by atoms with E-state index in [0.29, 0.717) is 29.6 Å². The summed E-state index contributed by atoms with van der Waals surface area (Å²) in [6.07, 6.45) is -2.67. The SMILES string of the molecule is Cc1cc(-c2noc([C@@H]3CCCN3C(=N)N)n2)ccc1OCc1ccc(C(F)(F)F)cc1. The second-order valence-corrected chi connectivity index (χ2v) is 7.66. The molecule has 2 heterocycles. The normalized spacial score (nSPS) is 16.4. The first-order chi connectivity index (χ1) is 15.2. The van der Waals surface area contributed by atoms with Crippen LogP contribution >= 0.6 is 0 Å². The third-order valence-electron chi connectivity index (χ3n) is 5.40. The van der Waals surface area contributed by atoms with E-state index in [4.69, 9.17) is 20.4 Å². The maximum Gasteiger partial charge on any atom is 0.416 e. The predicted octanol–water partition coefficient (Wildman–Crippen LogP) is 4.67. The smallest absolute Gasteiger partial charge is 0.416 e. The lowest BCUT2D eigenvalue weighted by Gasteiger charge is -2.21. The third kappa shape index (κ3) is 4.53. The molecule has 32 heavy (non-hydrogen) atoms. The molecule has 4 rings (SSSR count). The summed E-state index contributed by atoms with van der Waals surface area (Å²) in [5.74, 6) is 1.44. The molecule has 1 atom stereocenters. The summed E-state index contributed by atoms with van der Waals surface area (Å²) < 4.78 is 49.2. The maximum atomic E-state index is 12.7. The fourth-order valence-electron chi connectivity index (χ4n) is 3.70. The molecule has 2 aromatic carbocycles. The lowest BCUT2D eigenvalue weighted by molar-refractivity contribution is -0.137. The number of aryl methyl sites for hydroxylation is 1. The van der Waals surface area contributed by atoms with Crippen molar-refractivity contribution in [3.05, 3.63) is 65.0 Å². The number of nitrogens with two attached hydrogens (primary N) is 1. The van der Waals surface area contributed by atoms with Crippen molar-refractivity contribution >= 4 is 5.96 Å². The minimum atomic E-state index is -4.36. The molecule has 0 amide bonds. The summed E-state index contributed by atoms with van der Waals surface area (Å²) >= 11 is 0. The van der Waals surface area contributed by atoms with Gasteiger partial charge in [0.25, 0.3) is 0 Å². The van der Waals surface area contributed by atoms with Crippen LogP contribution in [0.15, 0.2) is 47.0 Å². The van der Waals surface area contributed by atoms with Gasteiger partial charge in [0.15, 0.2) is 5.96 Å². The first-order valence-electron chi connectivity index (χ1n) is 10.1. The molecular formula is C22H22F3N5O2. The van der Waals surface area contributed by atoms with E-state index in [1.807, 2.05) is 13.0 Å². The summed E-state index contributed by atoms with van der Waals surface area (Å²) in [6.45, 7) is 2.69. The topological polar surface area (TPSA) is 101 Å². The van der Waals surface area contributed by atoms with E-state index in [2.05, 4.69) is 10.1 Å². The van der Waals surface area contributed by atoms with E-state index < -0.39 is 11.7 Å². The molecule has 1 aromatic heterocycles. The van der Waals surface area contributed by atoms with Gasteiger partial charge < -0.3 is 19.9 Å². The van der Waals surface area contributed by atoms with Gasteiger partial charge >= 0.3 is 6.18 Å². The first kappa shape index (κ1) is 21.7. The summed E-state index contributed by atoms with van der Waals surface area (Å²) in [6, 6.07) is 10.1. The van der Waals surface area contributed by atoms with Crippen LogP contribution in [0.25, 0.3) is 11.4 Å². The van der Waals surface area contributed by atoms with Crippen LogP contribution in [-0.4, -0.2) is 27.5 Å². The zero-order chi connectivity index (χ0) is 22.9. The minimum absolute atomic E-state index is 0.0161. The Balaban J connectivity index is 1.44. The van der Waals surface area contributed by atoms with Crippen LogP contribution in [0.5, 0.6) is 5.75 Å². The Morgan fingerprint density at radius 3 is 2.66 bits per heavy atom. The third-order valence-corrected chi connectivity index (χ3v) is 5.40. The number of hydrogen-bond donors (Lipinski definition) is 2. The van der Waals surface area contributed by atoms with Gasteiger partial charge in [-0.05, 0) is 61.2 Å². The fourth-order valence-corrected chi connectivity index (χ4v) is 3.70. The molecule has 168 valence electrons. The quantitative estimate of drug-likeness (QED) is 0.437. The van der Waals surface area contributed by atoms with E-state index in [0.717, 1.165) is 36.1 Å². The Morgan fingerprint density at radius 1 is 1.25 bits per heavy atom. The Morgan fingerprint density at radius 2 is 2.00 bits per heavy atom. The number of likely N-dealkylation sites (tertiary alicyclic amines) is 1. The Labute approximate surface area is 182 Å². The molecule has 0 unspecified atom stereocenters. The average Bonchev–Trinajstić information content (AvgIpc) is 3.42. The molecule has 3 aromatic rings. The van der Waals surface area contributed by atoms with Gasteiger partial charge in [0.1, 0.15) is 18.4 Å². The van der Waals surface area contributed by atoms with Crippen LogP contribution in [0.3, 0.4) is 0 Å². The van der Waals surface area contributed by atoms with Crippen molar-refractivity contribution in [3.8, 4) is 17.1 Å². The van der Waals surface area contributed by atoms with Gasteiger partial charge in [-0.15, -0.1) is 0 Å². The molecular weight excluding hydrogens is 423 g/mol. The second kappa shape index (κ2) is 8.52. The number of guanidine groups is 1. The molecule has 7 nitrogen and oxygen atoms in total. The highest BCUT2D eigenvalue weighted by atomic mass is 19.4. The number of halogens is 3. The summed E-state index contributed by atoms with van der Waals surface area (Å²) in [5.41, 5.74) is 7.15. The van der Waals surface area contributed by atoms with Crippen LogP contribution in [0, 0.1) is 12.3 Å². The monoisotopic (exact) mass is 445 g/mol. The Bertz CT molecular complexity index is 1110. The molecule has 0 bridgehead atoms. The second-order valence-electron chi connectivity index (χ2n) is 7.66. The molecule has 10 heteroatoms. The van der Waals surface area contributed by atoms with E-state index in [1.165, 1.54) is 12.1 Å². The minimum Gasteiger partial charge on any atom is -0.489 e. The van der Waals surface area contributed by atoms with E-state index in [9.17, 15) is 13.2 Å². The van der Waals surface area contributed by atoms with Crippen LogP contribution in [0.1, 0.15) is 41.5 Å². The molecule has 3 N–H and O–H groups in total. The molecule has 1 aliphatic heterocycles. The highest BCUT2D eigenvalue weighted by molar-refractivity contribution is 5.75. The molecule has 1 fully saturated rings.